The molecule has 1 aliphatic heterocycles. The van der Waals surface area contributed by atoms with E-state index in [1.165, 1.54) is 29.4 Å². The van der Waals surface area contributed by atoms with E-state index < -0.39 is 10.0 Å². The van der Waals surface area contributed by atoms with Crippen molar-refractivity contribution in [1.29, 1.82) is 0 Å². The second kappa shape index (κ2) is 9.42. The molecule has 7 nitrogen and oxygen atoms in total. The van der Waals surface area contributed by atoms with Crippen molar-refractivity contribution in [2.24, 2.45) is 0 Å². The Kier molecular flexibility index (Phi) is 7.28. The molecular formula is C21H25Cl2N3O4S. The van der Waals surface area contributed by atoms with E-state index in [9.17, 15) is 18.0 Å². The average molecular weight is 486 g/mol. The number of ketones is 2. The first-order valence-corrected chi connectivity index (χ1v) is 12.2. The highest BCUT2D eigenvalue weighted by molar-refractivity contribution is 7.89. The van der Waals surface area contributed by atoms with Crippen molar-refractivity contribution in [3.05, 3.63) is 50.8 Å². The van der Waals surface area contributed by atoms with Crippen LogP contribution < -0.4 is 0 Å². The molecule has 0 radical (unpaired) electrons. The van der Waals surface area contributed by atoms with Gasteiger partial charge in [0.05, 0.1) is 17.3 Å². The molecule has 1 aromatic carbocycles. The van der Waals surface area contributed by atoms with E-state index in [1.54, 1.807) is 6.92 Å². The number of carbonyl (C=O) groups excluding carboxylic acids is 2. The summed E-state index contributed by atoms with van der Waals surface area (Å²) in [4.78, 5) is 29.8. The molecular weight excluding hydrogens is 461 g/mol. The Labute approximate surface area is 192 Å². The average Bonchev–Trinajstić information content (AvgIpc) is 3.06. The maximum Gasteiger partial charge on any atom is 0.244 e. The number of carbonyl (C=O) groups is 2. The summed E-state index contributed by atoms with van der Waals surface area (Å²) >= 11 is 12.0. The molecule has 0 unspecified atom stereocenters. The van der Waals surface area contributed by atoms with Gasteiger partial charge in [-0.1, -0.05) is 30.1 Å². The predicted octanol–water partition coefficient (Wildman–Crippen LogP) is 3.58. The highest BCUT2D eigenvalue weighted by atomic mass is 35.5. The highest BCUT2D eigenvalue weighted by Gasteiger charge is 2.31. The van der Waals surface area contributed by atoms with Crippen LogP contribution in [0.4, 0.5) is 0 Å². The first kappa shape index (κ1) is 23.9. The zero-order valence-electron chi connectivity index (χ0n) is 17.7. The SMILES string of the molecule is CCc1c(C(=O)CN2CCN(S(=O)(=O)c3cc(Cl)ccc3Cl)CC2)[nH]c(C)c1C(C)=O. The van der Waals surface area contributed by atoms with E-state index in [1.807, 2.05) is 11.8 Å². The largest absolute Gasteiger partial charge is 0.355 e. The fraction of sp³-hybridized carbons (Fsp3) is 0.429. The quantitative estimate of drug-likeness (QED) is 0.605. The van der Waals surface area contributed by atoms with E-state index in [4.69, 9.17) is 23.2 Å². The van der Waals surface area contributed by atoms with Gasteiger partial charge >= 0.3 is 0 Å². The molecule has 31 heavy (non-hydrogen) atoms. The maximum absolute atomic E-state index is 13.0. The van der Waals surface area contributed by atoms with Crippen LogP contribution in [0.1, 0.15) is 46.0 Å². The number of sulfonamides is 1. The molecule has 1 aliphatic rings. The standard InChI is InChI=1S/C21H25Cl2N3O4S/c1-4-16-20(14(3)27)13(2)24-21(16)18(28)12-25-7-9-26(10-8-25)31(29,30)19-11-15(22)5-6-17(19)23/h5-6,11,24H,4,7-10,12H2,1-3H3. The second-order valence-electron chi connectivity index (χ2n) is 7.57. The van der Waals surface area contributed by atoms with Gasteiger partial charge in [0.25, 0.3) is 0 Å². The van der Waals surface area contributed by atoms with E-state index in [0.717, 1.165) is 5.56 Å². The van der Waals surface area contributed by atoms with Crippen LogP contribution in [0.2, 0.25) is 10.0 Å². The predicted molar refractivity (Wildman–Crippen MR) is 121 cm³/mol. The first-order valence-electron chi connectivity index (χ1n) is 9.99. The summed E-state index contributed by atoms with van der Waals surface area (Å²) in [6.45, 7) is 6.63. The van der Waals surface area contributed by atoms with Crippen LogP contribution in [-0.4, -0.2) is 66.9 Å². The molecule has 1 N–H and O–H groups in total. The van der Waals surface area contributed by atoms with Gasteiger partial charge in [0.2, 0.25) is 10.0 Å². The number of H-pyrrole nitrogens is 1. The first-order chi connectivity index (χ1) is 14.6. The van der Waals surface area contributed by atoms with Gasteiger partial charge in [0.15, 0.2) is 11.6 Å². The number of nitrogens with one attached hydrogen (secondary N) is 1. The van der Waals surface area contributed by atoms with E-state index in [0.29, 0.717) is 41.5 Å². The Morgan fingerprint density at radius 1 is 1.13 bits per heavy atom. The van der Waals surface area contributed by atoms with E-state index in [2.05, 4.69) is 4.98 Å². The Balaban J connectivity index is 1.69. The van der Waals surface area contributed by atoms with Crippen molar-refractivity contribution < 1.29 is 18.0 Å². The Hall–Kier alpha value is -1.71. The van der Waals surface area contributed by atoms with Gasteiger partial charge in [-0.3, -0.25) is 14.5 Å². The molecule has 10 heteroatoms. The number of hydrogen-bond acceptors (Lipinski definition) is 5. The molecule has 1 fully saturated rings. The lowest BCUT2D eigenvalue weighted by Gasteiger charge is -2.33. The van der Waals surface area contributed by atoms with Crippen molar-refractivity contribution in [3.63, 3.8) is 0 Å². The van der Waals surface area contributed by atoms with Crippen molar-refractivity contribution in [1.82, 2.24) is 14.2 Å². The second-order valence-corrected chi connectivity index (χ2v) is 10.3. The summed E-state index contributed by atoms with van der Waals surface area (Å²) in [5.41, 5.74) is 2.49. The summed E-state index contributed by atoms with van der Waals surface area (Å²) in [6, 6.07) is 4.35. The lowest BCUT2D eigenvalue weighted by atomic mass is 10.0. The topological polar surface area (TPSA) is 90.6 Å². The summed E-state index contributed by atoms with van der Waals surface area (Å²) < 4.78 is 27.3. The molecule has 0 atom stereocenters. The third-order valence-corrected chi connectivity index (χ3v) is 8.10. The third-order valence-electron chi connectivity index (χ3n) is 5.49. The number of aromatic nitrogens is 1. The minimum atomic E-state index is -3.78. The molecule has 0 aliphatic carbocycles. The lowest BCUT2D eigenvalue weighted by Crippen LogP contribution is -2.49. The minimum Gasteiger partial charge on any atom is -0.355 e. The lowest BCUT2D eigenvalue weighted by molar-refractivity contribution is 0.0896. The van der Waals surface area contributed by atoms with Gasteiger partial charge < -0.3 is 4.98 Å². The number of nitrogens with zero attached hydrogens (tertiary/aromatic N) is 2. The molecule has 0 amide bonds. The number of benzene rings is 1. The number of aryl methyl sites for hydroxylation is 1. The molecule has 168 valence electrons. The number of rotatable bonds is 7. The number of Topliss-reactive ketones (excluding diaryl/α,β-unsaturated/α-hetero) is 2. The molecule has 1 saturated heterocycles. The van der Waals surface area contributed by atoms with Gasteiger partial charge in [-0.05, 0) is 44.0 Å². The third kappa shape index (κ3) is 4.88. The van der Waals surface area contributed by atoms with Crippen LogP contribution in [0.3, 0.4) is 0 Å². The summed E-state index contributed by atoms with van der Waals surface area (Å²) in [7, 11) is -3.78. The van der Waals surface area contributed by atoms with Crippen molar-refractivity contribution in [2.45, 2.75) is 32.1 Å². The van der Waals surface area contributed by atoms with Gasteiger partial charge in [-0.15, -0.1) is 0 Å². The zero-order chi connectivity index (χ0) is 22.9. The maximum atomic E-state index is 13.0. The molecule has 0 saturated carbocycles. The Morgan fingerprint density at radius 2 is 1.77 bits per heavy atom. The number of halogens is 2. The fourth-order valence-corrected chi connectivity index (χ4v) is 6.13. The number of aromatic amines is 1. The van der Waals surface area contributed by atoms with Gasteiger partial charge in [0.1, 0.15) is 4.90 Å². The fourth-order valence-electron chi connectivity index (χ4n) is 3.97. The van der Waals surface area contributed by atoms with Gasteiger partial charge in [-0.2, -0.15) is 4.31 Å². The molecule has 0 spiro atoms. The number of piperazine rings is 1. The molecule has 2 aromatic rings. The Bertz CT molecular complexity index is 1120. The summed E-state index contributed by atoms with van der Waals surface area (Å²) in [6.07, 6.45) is 0.576. The van der Waals surface area contributed by atoms with E-state index in [-0.39, 0.29) is 41.1 Å². The van der Waals surface area contributed by atoms with Crippen LogP contribution in [0.25, 0.3) is 0 Å². The zero-order valence-corrected chi connectivity index (χ0v) is 20.0. The van der Waals surface area contributed by atoms with Crippen LogP contribution in [0, 0.1) is 6.92 Å². The van der Waals surface area contributed by atoms with Crippen LogP contribution in [-0.2, 0) is 16.4 Å². The number of hydrogen-bond donors (Lipinski definition) is 1. The van der Waals surface area contributed by atoms with E-state index >= 15 is 0 Å². The minimum absolute atomic E-state index is 0.0163. The Morgan fingerprint density at radius 3 is 2.35 bits per heavy atom. The highest BCUT2D eigenvalue weighted by Crippen LogP contribution is 2.28. The molecule has 0 bridgehead atoms. The molecule has 3 rings (SSSR count). The van der Waals surface area contributed by atoms with Crippen LogP contribution in [0.15, 0.2) is 23.1 Å². The van der Waals surface area contributed by atoms with Crippen LogP contribution in [0.5, 0.6) is 0 Å². The summed E-state index contributed by atoms with van der Waals surface area (Å²) in [5, 5.41) is 0.419. The smallest absolute Gasteiger partial charge is 0.244 e. The van der Waals surface area contributed by atoms with Crippen molar-refractivity contribution in [3.8, 4) is 0 Å². The molecule has 2 heterocycles. The van der Waals surface area contributed by atoms with Crippen LogP contribution >= 0.6 is 23.2 Å². The monoisotopic (exact) mass is 485 g/mol. The normalized spacial score (nSPS) is 15.9. The van der Waals surface area contributed by atoms with Gasteiger partial charge in [0, 0.05) is 42.5 Å². The molecule has 1 aromatic heterocycles. The van der Waals surface area contributed by atoms with Crippen molar-refractivity contribution in [2.75, 3.05) is 32.7 Å². The van der Waals surface area contributed by atoms with Crippen molar-refractivity contribution >= 4 is 44.8 Å². The summed E-state index contributed by atoms with van der Waals surface area (Å²) in [5.74, 6) is -0.176. The van der Waals surface area contributed by atoms with Gasteiger partial charge in [-0.25, -0.2) is 8.42 Å².